The second-order valence-electron chi connectivity index (χ2n) is 3.79. The number of aryl methyl sites for hydroxylation is 1. The normalized spacial score (nSPS) is 10.1. The van der Waals surface area contributed by atoms with Crippen molar-refractivity contribution in [3.63, 3.8) is 0 Å². The van der Waals surface area contributed by atoms with Crippen molar-refractivity contribution >= 4 is 11.9 Å². The van der Waals surface area contributed by atoms with Gasteiger partial charge in [0.15, 0.2) is 0 Å². The third kappa shape index (κ3) is 4.97. The number of hydrogen-bond donors (Lipinski definition) is 2. The van der Waals surface area contributed by atoms with Gasteiger partial charge in [0.05, 0.1) is 0 Å². The number of nitrogens with one attached hydrogen (secondary N) is 1. The maximum Gasteiger partial charge on any atom is 0.329 e. The van der Waals surface area contributed by atoms with Crippen LogP contribution in [0.1, 0.15) is 18.1 Å². The Balaban J connectivity index is 2.35. The van der Waals surface area contributed by atoms with E-state index in [0.29, 0.717) is 6.54 Å². The fourth-order valence-corrected chi connectivity index (χ4v) is 1.55. The Labute approximate surface area is 106 Å². The summed E-state index contributed by atoms with van der Waals surface area (Å²) in [7, 11) is 0. The first-order valence-corrected chi connectivity index (χ1v) is 5.76. The van der Waals surface area contributed by atoms with Crippen molar-refractivity contribution in [3.8, 4) is 0 Å². The summed E-state index contributed by atoms with van der Waals surface area (Å²) in [6.45, 7) is 1.79. The van der Waals surface area contributed by atoms with Crippen molar-refractivity contribution in [2.75, 3.05) is 13.2 Å². The molecule has 0 aliphatic heterocycles. The van der Waals surface area contributed by atoms with Crippen LogP contribution < -0.4 is 5.32 Å². The molecule has 0 bridgehead atoms. The standard InChI is InChI=1S/C13H17NO4/c1-2-10-5-3-4-6-11(10)7-14-12(15)8-18-9-13(16)17/h3-6H,2,7-9H2,1H3,(H,14,15)(H,16,17). The van der Waals surface area contributed by atoms with E-state index in [1.165, 1.54) is 5.56 Å². The number of carbonyl (C=O) groups excluding carboxylic acids is 1. The van der Waals surface area contributed by atoms with Gasteiger partial charge in [-0.2, -0.15) is 0 Å². The summed E-state index contributed by atoms with van der Waals surface area (Å²) < 4.78 is 4.69. The second kappa shape index (κ2) is 7.45. The lowest BCUT2D eigenvalue weighted by atomic mass is 10.1. The molecule has 0 fully saturated rings. The molecule has 0 saturated carbocycles. The lowest BCUT2D eigenvalue weighted by Gasteiger charge is -2.09. The van der Waals surface area contributed by atoms with Crippen LogP contribution in [-0.2, 0) is 27.3 Å². The van der Waals surface area contributed by atoms with Gasteiger partial charge in [-0.15, -0.1) is 0 Å². The molecule has 0 unspecified atom stereocenters. The number of hydrogen-bond acceptors (Lipinski definition) is 3. The predicted molar refractivity (Wildman–Crippen MR) is 66.1 cm³/mol. The van der Waals surface area contributed by atoms with Gasteiger partial charge < -0.3 is 15.2 Å². The van der Waals surface area contributed by atoms with Gasteiger partial charge in [0.2, 0.25) is 5.91 Å². The highest BCUT2D eigenvalue weighted by atomic mass is 16.5. The summed E-state index contributed by atoms with van der Waals surface area (Å²) in [6.07, 6.45) is 0.904. The van der Waals surface area contributed by atoms with E-state index in [9.17, 15) is 9.59 Å². The van der Waals surface area contributed by atoms with E-state index in [1.807, 2.05) is 24.3 Å². The summed E-state index contributed by atoms with van der Waals surface area (Å²) >= 11 is 0. The zero-order chi connectivity index (χ0) is 13.4. The van der Waals surface area contributed by atoms with Crippen molar-refractivity contribution < 1.29 is 19.4 Å². The largest absolute Gasteiger partial charge is 0.480 e. The molecule has 1 aromatic rings. The molecule has 0 heterocycles. The molecule has 0 aliphatic rings. The van der Waals surface area contributed by atoms with Crippen LogP contribution >= 0.6 is 0 Å². The molecule has 2 N–H and O–H groups in total. The van der Waals surface area contributed by atoms with Crippen molar-refractivity contribution in [1.29, 1.82) is 0 Å². The van der Waals surface area contributed by atoms with Gasteiger partial charge in [0, 0.05) is 6.54 Å². The first-order chi connectivity index (χ1) is 8.63. The zero-order valence-electron chi connectivity index (χ0n) is 10.3. The lowest BCUT2D eigenvalue weighted by Crippen LogP contribution is -2.28. The number of amides is 1. The highest BCUT2D eigenvalue weighted by Crippen LogP contribution is 2.08. The summed E-state index contributed by atoms with van der Waals surface area (Å²) in [5, 5.41) is 11.0. The van der Waals surface area contributed by atoms with E-state index in [0.717, 1.165) is 12.0 Å². The van der Waals surface area contributed by atoms with Crippen LogP contribution in [0.15, 0.2) is 24.3 Å². The van der Waals surface area contributed by atoms with E-state index in [2.05, 4.69) is 12.2 Å². The summed E-state index contributed by atoms with van der Waals surface area (Å²) in [5.74, 6) is -1.40. The molecule has 0 atom stereocenters. The van der Waals surface area contributed by atoms with Crippen LogP contribution in [0, 0.1) is 0 Å². The first-order valence-electron chi connectivity index (χ1n) is 5.76. The van der Waals surface area contributed by atoms with Crippen LogP contribution in [0.5, 0.6) is 0 Å². The van der Waals surface area contributed by atoms with Crippen molar-refractivity contribution in [3.05, 3.63) is 35.4 Å². The zero-order valence-corrected chi connectivity index (χ0v) is 10.3. The number of aliphatic carboxylic acids is 1. The Hall–Kier alpha value is -1.88. The van der Waals surface area contributed by atoms with Crippen LogP contribution in [0.2, 0.25) is 0 Å². The molecule has 0 aliphatic carbocycles. The molecule has 0 radical (unpaired) electrons. The summed E-state index contributed by atoms with van der Waals surface area (Å²) in [5.41, 5.74) is 2.25. The predicted octanol–water partition coefficient (Wildman–Crippen LogP) is 0.966. The van der Waals surface area contributed by atoms with Gasteiger partial charge in [-0.25, -0.2) is 4.79 Å². The topological polar surface area (TPSA) is 75.6 Å². The highest BCUT2D eigenvalue weighted by Gasteiger charge is 2.05. The van der Waals surface area contributed by atoms with Crippen LogP contribution in [-0.4, -0.2) is 30.2 Å². The number of rotatable bonds is 7. The Morgan fingerprint density at radius 3 is 2.50 bits per heavy atom. The number of carbonyl (C=O) groups is 2. The average molecular weight is 251 g/mol. The SMILES string of the molecule is CCc1ccccc1CNC(=O)COCC(=O)O. The molecule has 1 aromatic carbocycles. The van der Waals surface area contributed by atoms with Gasteiger partial charge >= 0.3 is 5.97 Å². The van der Waals surface area contributed by atoms with Gasteiger partial charge in [-0.05, 0) is 17.5 Å². The molecular weight excluding hydrogens is 234 g/mol. The summed E-state index contributed by atoms with van der Waals surface area (Å²) in [6, 6.07) is 7.85. The maximum absolute atomic E-state index is 11.4. The quantitative estimate of drug-likeness (QED) is 0.757. The second-order valence-corrected chi connectivity index (χ2v) is 3.79. The Morgan fingerprint density at radius 2 is 1.89 bits per heavy atom. The number of carboxylic acids is 1. The number of carboxylic acid groups (broad SMARTS) is 1. The fourth-order valence-electron chi connectivity index (χ4n) is 1.55. The fraction of sp³-hybridized carbons (Fsp3) is 0.385. The molecule has 1 amide bonds. The van der Waals surface area contributed by atoms with E-state index >= 15 is 0 Å². The number of benzene rings is 1. The minimum absolute atomic E-state index is 0.236. The molecule has 0 saturated heterocycles. The van der Waals surface area contributed by atoms with Gasteiger partial charge in [0.1, 0.15) is 13.2 Å². The smallest absolute Gasteiger partial charge is 0.329 e. The minimum atomic E-state index is -1.08. The van der Waals surface area contributed by atoms with Crippen LogP contribution in [0.3, 0.4) is 0 Å². The minimum Gasteiger partial charge on any atom is -0.480 e. The van der Waals surface area contributed by atoms with Gasteiger partial charge in [0.25, 0.3) is 0 Å². The van der Waals surface area contributed by atoms with Crippen molar-refractivity contribution in [1.82, 2.24) is 5.32 Å². The molecule has 0 spiro atoms. The third-order valence-electron chi connectivity index (χ3n) is 2.43. The van der Waals surface area contributed by atoms with E-state index < -0.39 is 12.6 Å². The average Bonchev–Trinajstić information content (AvgIpc) is 2.36. The van der Waals surface area contributed by atoms with Crippen molar-refractivity contribution in [2.45, 2.75) is 19.9 Å². The van der Waals surface area contributed by atoms with Gasteiger partial charge in [-0.3, -0.25) is 4.79 Å². The Kier molecular flexibility index (Phi) is 5.87. The van der Waals surface area contributed by atoms with Crippen molar-refractivity contribution in [2.24, 2.45) is 0 Å². The first kappa shape index (κ1) is 14.2. The molecule has 98 valence electrons. The Bertz CT molecular complexity index is 417. The van der Waals surface area contributed by atoms with Crippen LogP contribution in [0.4, 0.5) is 0 Å². The van der Waals surface area contributed by atoms with Crippen LogP contribution in [0.25, 0.3) is 0 Å². The maximum atomic E-state index is 11.4. The highest BCUT2D eigenvalue weighted by molar-refractivity contribution is 5.77. The van der Waals surface area contributed by atoms with E-state index in [4.69, 9.17) is 9.84 Å². The molecular formula is C13H17NO4. The molecule has 5 nitrogen and oxygen atoms in total. The van der Waals surface area contributed by atoms with E-state index in [1.54, 1.807) is 0 Å². The molecule has 18 heavy (non-hydrogen) atoms. The Morgan fingerprint density at radius 1 is 1.22 bits per heavy atom. The monoisotopic (exact) mass is 251 g/mol. The molecule has 5 heteroatoms. The molecule has 1 rings (SSSR count). The summed E-state index contributed by atoms with van der Waals surface area (Å²) in [4.78, 5) is 21.6. The molecule has 0 aromatic heterocycles. The third-order valence-corrected chi connectivity index (χ3v) is 2.43. The van der Waals surface area contributed by atoms with E-state index in [-0.39, 0.29) is 12.5 Å². The van der Waals surface area contributed by atoms with Gasteiger partial charge in [-0.1, -0.05) is 31.2 Å². The lowest BCUT2D eigenvalue weighted by molar-refractivity contribution is -0.143. The number of ether oxygens (including phenoxy) is 1.